The van der Waals surface area contributed by atoms with Gasteiger partial charge in [0.25, 0.3) is 0 Å². The first-order chi connectivity index (χ1) is 10.0. The quantitative estimate of drug-likeness (QED) is 0.625. The number of benzene rings is 2. The van der Waals surface area contributed by atoms with Gasteiger partial charge in [-0.25, -0.2) is 0 Å². The molecule has 3 heteroatoms. The van der Waals surface area contributed by atoms with E-state index in [4.69, 9.17) is 11.6 Å². The van der Waals surface area contributed by atoms with E-state index in [2.05, 4.69) is 79.0 Å². The molecule has 1 N–H and O–H groups in total. The van der Waals surface area contributed by atoms with Crippen molar-refractivity contribution in [3.05, 3.63) is 67.2 Å². The highest BCUT2D eigenvalue weighted by Crippen LogP contribution is 2.30. The summed E-state index contributed by atoms with van der Waals surface area (Å²) in [6, 6.07) is 13.0. The topological polar surface area (TPSA) is 12.0 Å². The van der Waals surface area contributed by atoms with E-state index >= 15 is 0 Å². The molecule has 0 aliphatic rings. The van der Waals surface area contributed by atoms with E-state index in [0.29, 0.717) is 0 Å². The summed E-state index contributed by atoms with van der Waals surface area (Å²) in [7, 11) is 0. The maximum atomic E-state index is 6.21. The Morgan fingerprint density at radius 2 is 1.76 bits per heavy atom. The predicted octanol–water partition coefficient (Wildman–Crippen LogP) is 5.65. The Kier molecular flexibility index (Phi) is 6.08. The van der Waals surface area contributed by atoms with E-state index in [1.165, 1.54) is 25.8 Å². The Bertz CT molecular complexity index is 604. The van der Waals surface area contributed by atoms with E-state index in [9.17, 15) is 0 Å². The Morgan fingerprint density at radius 1 is 1.10 bits per heavy atom. The molecule has 1 nitrogen and oxygen atoms in total. The van der Waals surface area contributed by atoms with Crippen molar-refractivity contribution in [2.75, 3.05) is 6.54 Å². The molecule has 2 rings (SSSR count). The number of hydrogen-bond acceptors (Lipinski definition) is 1. The van der Waals surface area contributed by atoms with Crippen molar-refractivity contribution in [2.45, 2.75) is 33.2 Å². The van der Waals surface area contributed by atoms with Gasteiger partial charge in [-0.15, -0.1) is 0 Å². The Morgan fingerprint density at radius 3 is 2.38 bits per heavy atom. The van der Waals surface area contributed by atoms with Crippen molar-refractivity contribution < 1.29 is 0 Å². The second-order valence-electron chi connectivity index (χ2n) is 5.47. The molecule has 0 bridgehead atoms. The first-order valence-corrected chi connectivity index (χ1v) is 8.73. The van der Waals surface area contributed by atoms with Crippen LogP contribution in [0.15, 0.2) is 36.4 Å². The Balaban J connectivity index is 2.49. The first kappa shape index (κ1) is 16.8. The zero-order valence-corrected chi connectivity index (χ0v) is 15.6. The minimum absolute atomic E-state index is 0.189. The lowest BCUT2D eigenvalue weighted by molar-refractivity contribution is 0.596. The molecule has 0 spiro atoms. The SMILES string of the molecule is CCCNC(c1cc(C)cc(C)c1)c1cc(Cl)ccc1I. The molecule has 1 unspecified atom stereocenters. The summed E-state index contributed by atoms with van der Waals surface area (Å²) in [4.78, 5) is 0. The highest BCUT2D eigenvalue weighted by atomic mass is 127. The van der Waals surface area contributed by atoms with Crippen LogP contribution in [0.2, 0.25) is 5.02 Å². The fraction of sp³-hybridized carbons (Fsp3) is 0.333. The van der Waals surface area contributed by atoms with Crippen molar-refractivity contribution in [2.24, 2.45) is 0 Å². The summed E-state index contributed by atoms with van der Waals surface area (Å²) in [6.07, 6.45) is 1.11. The average molecular weight is 414 g/mol. The zero-order valence-electron chi connectivity index (χ0n) is 12.7. The summed E-state index contributed by atoms with van der Waals surface area (Å²) in [6.45, 7) is 7.47. The molecule has 21 heavy (non-hydrogen) atoms. The Hall–Kier alpha value is -0.580. The molecule has 1 atom stereocenters. The molecule has 0 aliphatic heterocycles. The summed E-state index contributed by atoms with van der Waals surface area (Å²) >= 11 is 8.60. The molecule has 2 aromatic rings. The van der Waals surface area contributed by atoms with Gasteiger partial charge in [-0.1, -0.05) is 47.9 Å². The largest absolute Gasteiger partial charge is 0.306 e. The van der Waals surface area contributed by atoms with Crippen LogP contribution in [0.25, 0.3) is 0 Å². The van der Waals surface area contributed by atoms with Gasteiger partial charge in [0.2, 0.25) is 0 Å². The second-order valence-corrected chi connectivity index (χ2v) is 7.07. The number of halogens is 2. The molecule has 0 fully saturated rings. The summed E-state index contributed by atoms with van der Waals surface area (Å²) in [5.74, 6) is 0. The summed E-state index contributed by atoms with van der Waals surface area (Å²) in [5.41, 5.74) is 5.15. The van der Waals surface area contributed by atoms with Crippen LogP contribution < -0.4 is 5.32 Å². The molecule has 0 saturated carbocycles. The highest BCUT2D eigenvalue weighted by molar-refractivity contribution is 14.1. The predicted molar refractivity (Wildman–Crippen MR) is 100 cm³/mol. The van der Waals surface area contributed by atoms with Gasteiger partial charge in [0, 0.05) is 8.59 Å². The maximum Gasteiger partial charge on any atom is 0.0587 e. The molecular weight excluding hydrogens is 393 g/mol. The van der Waals surface area contributed by atoms with Gasteiger partial charge in [0.15, 0.2) is 0 Å². The van der Waals surface area contributed by atoms with Crippen LogP contribution in [0.4, 0.5) is 0 Å². The van der Waals surface area contributed by atoms with Gasteiger partial charge in [-0.05, 0) is 78.7 Å². The third kappa shape index (κ3) is 4.44. The van der Waals surface area contributed by atoms with Crippen LogP contribution in [-0.2, 0) is 0 Å². The number of rotatable bonds is 5. The third-order valence-electron chi connectivity index (χ3n) is 3.44. The van der Waals surface area contributed by atoms with Crippen molar-refractivity contribution in [1.29, 1.82) is 0 Å². The van der Waals surface area contributed by atoms with Crippen molar-refractivity contribution in [3.8, 4) is 0 Å². The van der Waals surface area contributed by atoms with E-state index in [0.717, 1.165) is 18.0 Å². The zero-order chi connectivity index (χ0) is 15.4. The van der Waals surface area contributed by atoms with Gasteiger partial charge in [0.05, 0.1) is 6.04 Å². The van der Waals surface area contributed by atoms with E-state index in [1.54, 1.807) is 0 Å². The van der Waals surface area contributed by atoms with Gasteiger partial charge in [-0.2, -0.15) is 0 Å². The highest BCUT2D eigenvalue weighted by Gasteiger charge is 2.17. The number of nitrogens with one attached hydrogen (secondary N) is 1. The van der Waals surface area contributed by atoms with E-state index < -0.39 is 0 Å². The molecule has 112 valence electrons. The minimum Gasteiger partial charge on any atom is -0.306 e. The fourth-order valence-corrected chi connectivity index (χ4v) is 3.44. The van der Waals surface area contributed by atoms with Crippen LogP contribution in [-0.4, -0.2) is 6.54 Å². The third-order valence-corrected chi connectivity index (χ3v) is 4.66. The van der Waals surface area contributed by atoms with Crippen molar-refractivity contribution >= 4 is 34.2 Å². The van der Waals surface area contributed by atoms with Gasteiger partial charge in [-0.3, -0.25) is 0 Å². The van der Waals surface area contributed by atoms with Crippen LogP contribution in [0.3, 0.4) is 0 Å². The van der Waals surface area contributed by atoms with Crippen LogP contribution in [0.1, 0.15) is 41.6 Å². The first-order valence-electron chi connectivity index (χ1n) is 7.27. The minimum atomic E-state index is 0.189. The van der Waals surface area contributed by atoms with Gasteiger partial charge < -0.3 is 5.32 Å². The van der Waals surface area contributed by atoms with E-state index in [1.807, 2.05) is 6.07 Å². The molecule has 0 saturated heterocycles. The lowest BCUT2D eigenvalue weighted by atomic mass is 9.95. The second kappa shape index (κ2) is 7.61. The number of aryl methyl sites for hydroxylation is 2. The number of hydrogen-bond donors (Lipinski definition) is 1. The smallest absolute Gasteiger partial charge is 0.0587 e. The average Bonchev–Trinajstić information content (AvgIpc) is 2.42. The normalized spacial score (nSPS) is 12.4. The van der Waals surface area contributed by atoms with Crippen molar-refractivity contribution in [1.82, 2.24) is 5.32 Å². The van der Waals surface area contributed by atoms with Gasteiger partial charge >= 0.3 is 0 Å². The molecular formula is C18H21ClIN. The van der Waals surface area contributed by atoms with Gasteiger partial charge in [0.1, 0.15) is 0 Å². The fourth-order valence-electron chi connectivity index (χ4n) is 2.61. The molecule has 0 aliphatic carbocycles. The maximum absolute atomic E-state index is 6.21. The van der Waals surface area contributed by atoms with E-state index in [-0.39, 0.29) is 6.04 Å². The van der Waals surface area contributed by atoms with Crippen LogP contribution in [0.5, 0.6) is 0 Å². The Labute approximate surface area is 146 Å². The van der Waals surface area contributed by atoms with Crippen LogP contribution in [0, 0.1) is 17.4 Å². The monoisotopic (exact) mass is 413 g/mol. The van der Waals surface area contributed by atoms with Crippen LogP contribution >= 0.6 is 34.2 Å². The lowest BCUT2D eigenvalue weighted by Crippen LogP contribution is -2.24. The van der Waals surface area contributed by atoms with Crippen molar-refractivity contribution in [3.63, 3.8) is 0 Å². The molecule has 0 amide bonds. The summed E-state index contributed by atoms with van der Waals surface area (Å²) in [5, 5.41) is 4.45. The molecule has 0 aromatic heterocycles. The standard InChI is InChI=1S/C18H21ClIN/c1-4-7-21-18(14-9-12(2)8-13(3)10-14)16-11-15(19)5-6-17(16)20/h5-6,8-11,18,21H,4,7H2,1-3H3. The molecule has 0 heterocycles. The summed E-state index contributed by atoms with van der Waals surface area (Å²) < 4.78 is 1.24. The molecule has 2 aromatic carbocycles. The molecule has 0 radical (unpaired) electrons. The lowest BCUT2D eigenvalue weighted by Gasteiger charge is -2.22.